The van der Waals surface area contributed by atoms with Crippen molar-refractivity contribution in [3.05, 3.63) is 83.1 Å². The number of phenolic OH excluding ortho intramolecular Hbond substituents is 1. The highest BCUT2D eigenvalue weighted by molar-refractivity contribution is 7.99. The molecule has 5 rings (SSSR count). The number of hydrogen-bond donors (Lipinski definition) is 3. The van der Waals surface area contributed by atoms with E-state index in [2.05, 4.69) is 20.6 Å². The van der Waals surface area contributed by atoms with Crippen LogP contribution in [0.2, 0.25) is 0 Å². The number of rotatable bonds is 4. The van der Waals surface area contributed by atoms with Gasteiger partial charge < -0.3 is 15.7 Å². The summed E-state index contributed by atoms with van der Waals surface area (Å²) < 4.78 is 0. The molecule has 3 heterocycles. The van der Waals surface area contributed by atoms with E-state index in [0.29, 0.717) is 23.4 Å². The minimum Gasteiger partial charge on any atom is -0.508 e. The Hall–Kier alpha value is -3.69. The summed E-state index contributed by atoms with van der Waals surface area (Å²) in [5.74, 6) is -0.263. The molecule has 32 heavy (non-hydrogen) atoms. The van der Waals surface area contributed by atoms with E-state index in [1.165, 1.54) is 23.1 Å². The van der Waals surface area contributed by atoms with Gasteiger partial charge in [0.25, 0.3) is 11.8 Å². The van der Waals surface area contributed by atoms with Crippen LogP contribution >= 0.6 is 23.1 Å². The van der Waals surface area contributed by atoms with Crippen LogP contribution in [0.4, 0.5) is 5.69 Å². The molecule has 4 aromatic rings. The van der Waals surface area contributed by atoms with Crippen LogP contribution in [-0.4, -0.2) is 26.9 Å². The van der Waals surface area contributed by atoms with Gasteiger partial charge in [0.05, 0.1) is 17.8 Å². The lowest BCUT2D eigenvalue weighted by Crippen LogP contribution is -2.22. The molecule has 2 amide bonds. The highest BCUT2D eigenvalue weighted by Crippen LogP contribution is 2.38. The fourth-order valence-corrected chi connectivity index (χ4v) is 5.05. The smallest absolute Gasteiger partial charge is 0.256 e. The van der Waals surface area contributed by atoms with E-state index < -0.39 is 0 Å². The third-order valence-corrected chi connectivity index (χ3v) is 7.00. The largest absolute Gasteiger partial charge is 0.508 e. The van der Waals surface area contributed by atoms with E-state index in [1.807, 2.05) is 6.07 Å². The molecule has 1 aliphatic heterocycles. The van der Waals surface area contributed by atoms with E-state index >= 15 is 0 Å². The number of hydrogen-bond acceptors (Lipinski definition) is 7. The second-order valence-electron chi connectivity index (χ2n) is 7.00. The van der Waals surface area contributed by atoms with Crippen LogP contribution in [0.1, 0.15) is 25.6 Å². The molecule has 0 atom stereocenters. The van der Waals surface area contributed by atoms with Crippen LogP contribution in [-0.2, 0) is 6.54 Å². The molecule has 0 radical (unpaired) electrons. The summed E-state index contributed by atoms with van der Waals surface area (Å²) in [6.07, 6.45) is 4.98. The molecule has 2 aromatic carbocycles. The highest BCUT2D eigenvalue weighted by atomic mass is 32.2. The third kappa shape index (κ3) is 4.08. The molecule has 0 spiro atoms. The molecule has 0 saturated heterocycles. The monoisotopic (exact) mass is 460 g/mol. The third-order valence-electron chi connectivity index (χ3n) is 4.83. The molecule has 9 heteroatoms. The van der Waals surface area contributed by atoms with Crippen molar-refractivity contribution in [2.75, 3.05) is 5.32 Å². The van der Waals surface area contributed by atoms with Crippen LogP contribution in [0.25, 0.3) is 10.6 Å². The van der Waals surface area contributed by atoms with Crippen LogP contribution in [0.3, 0.4) is 0 Å². The summed E-state index contributed by atoms with van der Waals surface area (Å²) in [6, 6.07) is 13.8. The second-order valence-corrected chi connectivity index (χ2v) is 9.20. The zero-order chi connectivity index (χ0) is 22.1. The number of aromatic nitrogens is 2. The lowest BCUT2D eigenvalue weighted by molar-refractivity contribution is 0.0949. The minimum absolute atomic E-state index is 0.202. The average molecular weight is 461 g/mol. The summed E-state index contributed by atoms with van der Waals surface area (Å²) >= 11 is 2.91. The van der Waals surface area contributed by atoms with E-state index in [1.54, 1.807) is 61.1 Å². The maximum atomic E-state index is 12.7. The molecule has 2 aromatic heterocycles. The molecule has 0 bridgehead atoms. The number of amides is 2. The van der Waals surface area contributed by atoms with Gasteiger partial charge in [0.1, 0.15) is 10.8 Å². The summed E-state index contributed by atoms with van der Waals surface area (Å²) in [6.45, 7) is 0.337. The Balaban J connectivity index is 1.28. The number of phenols is 1. The van der Waals surface area contributed by atoms with Crippen molar-refractivity contribution < 1.29 is 14.7 Å². The molecule has 1 aliphatic rings. The fourth-order valence-electron chi connectivity index (χ4n) is 3.21. The fraction of sp³-hybridized carbons (Fsp3) is 0.0435. The number of anilines is 1. The van der Waals surface area contributed by atoms with Gasteiger partial charge in [-0.2, -0.15) is 0 Å². The first-order valence-electron chi connectivity index (χ1n) is 9.66. The highest BCUT2D eigenvalue weighted by Gasteiger charge is 2.21. The molecule has 0 unspecified atom stereocenters. The van der Waals surface area contributed by atoms with Gasteiger partial charge in [0.2, 0.25) is 0 Å². The Labute approximate surface area is 191 Å². The van der Waals surface area contributed by atoms with Crippen molar-refractivity contribution in [2.45, 2.75) is 16.3 Å². The number of fused-ring (bicyclic) bond motifs is 2. The van der Waals surface area contributed by atoms with E-state index in [-0.39, 0.29) is 17.6 Å². The summed E-state index contributed by atoms with van der Waals surface area (Å²) in [5, 5.41) is 16.0. The molecule has 7 nitrogen and oxygen atoms in total. The molecular weight excluding hydrogens is 444 g/mol. The number of pyridine rings is 1. The minimum atomic E-state index is -0.241. The number of nitrogens with zero attached hydrogens (tertiary/aromatic N) is 2. The molecule has 3 N–H and O–H groups in total. The zero-order valence-electron chi connectivity index (χ0n) is 16.5. The van der Waals surface area contributed by atoms with Gasteiger partial charge >= 0.3 is 0 Å². The quantitative estimate of drug-likeness (QED) is 0.413. The lowest BCUT2D eigenvalue weighted by Gasteiger charge is -2.09. The van der Waals surface area contributed by atoms with E-state index in [4.69, 9.17) is 0 Å². The second kappa shape index (κ2) is 8.45. The van der Waals surface area contributed by atoms with Gasteiger partial charge in [0, 0.05) is 44.4 Å². The molecule has 158 valence electrons. The van der Waals surface area contributed by atoms with Gasteiger partial charge in [-0.25, -0.2) is 4.98 Å². The van der Waals surface area contributed by atoms with Crippen molar-refractivity contribution >= 4 is 40.6 Å². The first kappa shape index (κ1) is 20.2. The van der Waals surface area contributed by atoms with Crippen LogP contribution in [0, 0.1) is 0 Å². The maximum Gasteiger partial charge on any atom is 0.256 e. The lowest BCUT2D eigenvalue weighted by atomic mass is 10.1. The number of carbonyl (C=O) groups is 2. The van der Waals surface area contributed by atoms with Crippen molar-refractivity contribution in [1.29, 1.82) is 0 Å². The standard InChI is InChI=1S/C23H16N4O3S2/c28-15-4-1-13(2-5-15)23-26-11-16(31-23)10-25-21(29)14-3-6-19-18(9-14)27-22(30)17-7-8-24-12-20(17)32-19/h1-9,11-12,28H,10H2,(H,25,29)(H,27,30). The maximum absolute atomic E-state index is 12.7. The Morgan fingerprint density at radius 1 is 1.06 bits per heavy atom. The Morgan fingerprint density at radius 3 is 2.75 bits per heavy atom. The van der Waals surface area contributed by atoms with Crippen molar-refractivity contribution in [3.63, 3.8) is 0 Å². The number of aromatic hydroxyl groups is 1. The number of thiazole rings is 1. The average Bonchev–Trinajstić information content (AvgIpc) is 3.23. The van der Waals surface area contributed by atoms with Crippen LogP contribution in [0.15, 0.2) is 76.9 Å². The van der Waals surface area contributed by atoms with Gasteiger partial charge in [0.15, 0.2) is 0 Å². The van der Waals surface area contributed by atoms with E-state index in [0.717, 1.165) is 25.2 Å². The summed E-state index contributed by atoms with van der Waals surface area (Å²) in [5.41, 5.74) is 2.51. The van der Waals surface area contributed by atoms with Gasteiger partial charge in [-0.05, 0) is 48.5 Å². The van der Waals surface area contributed by atoms with Crippen molar-refractivity contribution in [1.82, 2.24) is 15.3 Å². The molecule has 0 saturated carbocycles. The topological polar surface area (TPSA) is 104 Å². The first-order chi connectivity index (χ1) is 15.6. The van der Waals surface area contributed by atoms with Crippen molar-refractivity contribution in [2.24, 2.45) is 0 Å². The molecule has 0 aliphatic carbocycles. The zero-order valence-corrected chi connectivity index (χ0v) is 18.2. The number of benzene rings is 2. The van der Waals surface area contributed by atoms with Crippen molar-refractivity contribution in [3.8, 4) is 16.3 Å². The number of nitrogens with one attached hydrogen (secondary N) is 2. The normalized spacial score (nSPS) is 12.3. The molecule has 0 fully saturated rings. The predicted molar refractivity (Wildman–Crippen MR) is 123 cm³/mol. The van der Waals surface area contributed by atoms with Crippen LogP contribution < -0.4 is 10.6 Å². The van der Waals surface area contributed by atoms with Crippen LogP contribution in [0.5, 0.6) is 5.75 Å². The molecular formula is C23H16N4O3S2. The number of carbonyl (C=O) groups excluding carboxylic acids is 2. The van der Waals surface area contributed by atoms with Gasteiger partial charge in [-0.15, -0.1) is 11.3 Å². The Bertz CT molecular complexity index is 1340. The Morgan fingerprint density at radius 2 is 1.91 bits per heavy atom. The summed E-state index contributed by atoms with van der Waals surface area (Å²) in [4.78, 5) is 36.3. The summed E-state index contributed by atoms with van der Waals surface area (Å²) in [7, 11) is 0. The SMILES string of the molecule is O=C(NCc1cnc(-c2ccc(O)cc2)s1)c1ccc2c(c1)NC(=O)c1ccncc1S2. The van der Waals surface area contributed by atoms with Gasteiger partial charge in [-0.3, -0.25) is 14.6 Å². The van der Waals surface area contributed by atoms with E-state index in [9.17, 15) is 14.7 Å². The van der Waals surface area contributed by atoms with Gasteiger partial charge in [-0.1, -0.05) is 11.8 Å². The first-order valence-corrected chi connectivity index (χ1v) is 11.3. The Kier molecular flexibility index (Phi) is 5.34. The predicted octanol–water partition coefficient (Wildman–Crippen LogP) is 4.56.